The number of amidine groups is 1. The van der Waals surface area contributed by atoms with E-state index in [-0.39, 0.29) is 5.84 Å². The molecule has 0 radical (unpaired) electrons. The number of nitrogens with zero attached hydrogens (tertiary/aromatic N) is 2. The molecule has 9 heteroatoms. The van der Waals surface area contributed by atoms with Gasteiger partial charge in [0.1, 0.15) is 16.5 Å². The lowest BCUT2D eigenvalue weighted by Gasteiger charge is -2.13. The molecule has 1 aliphatic heterocycles. The summed E-state index contributed by atoms with van der Waals surface area (Å²) in [6.45, 7) is 0.995. The molecule has 0 saturated carbocycles. The third kappa shape index (κ3) is 3.77. The minimum atomic E-state index is -0.812. The molecule has 0 aliphatic carbocycles. The van der Waals surface area contributed by atoms with Crippen molar-refractivity contribution in [1.82, 2.24) is 4.98 Å². The van der Waals surface area contributed by atoms with Crippen LogP contribution in [0.3, 0.4) is 0 Å². The average molecular weight is 360 g/mol. The Morgan fingerprint density at radius 3 is 2.68 bits per heavy atom. The van der Waals surface area contributed by atoms with Gasteiger partial charge in [-0.2, -0.15) is 0 Å². The molecular weight excluding hydrogens is 344 g/mol. The fraction of sp³-hybridized carbons (Fsp3) is 0.250. The van der Waals surface area contributed by atoms with Crippen LogP contribution in [-0.4, -0.2) is 41.0 Å². The van der Waals surface area contributed by atoms with E-state index >= 15 is 0 Å². The molecule has 0 amide bonds. The van der Waals surface area contributed by atoms with Gasteiger partial charge >= 0.3 is 11.9 Å². The summed E-state index contributed by atoms with van der Waals surface area (Å²) in [5.74, 6) is -1.47. The van der Waals surface area contributed by atoms with Crippen molar-refractivity contribution in [2.45, 2.75) is 6.42 Å². The van der Waals surface area contributed by atoms with Gasteiger partial charge in [-0.25, -0.2) is 9.78 Å². The fourth-order valence-electron chi connectivity index (χ4n) is 2.50. The van der Waals surface area contributed by atoms with Gasteiger partial charge in [-0.05, 0) is 30.7 Å². The van der Waals surface area contributed by atoms with Crippen LogP contribution in [0.4, 0.5) is 5.13 Å². The van der Waals surface area contributed by atoms with E-state index in [2.05, 4.69) is 4.98 Å². The summed E-state index contributed by atoms with van der Waals surface area (Å²) in [5.41, 5.74) is 5.92. The summed E-state index contributed by atoms with van der Waals surface area (Å²) in [7, 11) is 0. The molecule has 1 aliphatic rings. The average Bonchev–Trinajstić information content (AvgIpc) is 3.24. The first-order chi connectivity index (χ1) is 11.9. The van der Waals surface area contributed by atoms with Gasteiger partial charge in [0.2, 0.25) is 0 Å². The zero-order valence-corrected chi connectivity index (χ0v) is 14.0. The number of ether oxygens (including phenoxy) is 1. The Balaban J connectivity index is 1.65. The number of carbonyl (C=O) groups excluding carboxylic acids is 1. The maximum absolute atomic E-state index is 12.2. The number of rotatable bonds is 5. The highest BCUT2D eigenvalue weighted by atomic mass is 32.1. The molecule has 2 heterocycles. The molecule has 0 bridgehead atoms. The molecule has 25 heavy (non-hydrogen) atoms. The highest BCUT2D eigenvalue weighted by Crippen LogP contribution is 2.29. The fourth-order valence-corrected chi connectivity index (χ4v) is 3.33. The van der Waals surface area contributed by atoms with Gasteiger partial charge in [-0.3, -0.25) is 10.2 Å². The predicted molar refractivity (Wildman–Crippen MR) is 92.5 cm³/mol. The summed E-state index contributed by atoms with van der Waals surface area (Å²) >= 11 is 1.17. The van der Waals surface area contributed by atoms with Crippen LogP contribution in [0.2, 0.25) is 0 Å². The number of anilines is 1. The van der Waals surface area contributed by atoms with Crippen LogP contribution in [0, 0.1) is 11.3 Å². The highest BCUT2D eigenvalue weighted by Gasteiger charge is 2.30. The number of nitrogens with one attached hydrogen (secondary N) is 1. The van der Waals surface area contributed by atoms with Crippen LogP contribution in [0.25, 0.3) is 0 Å². The third-order valence-corrected chi connectivity index (χ3v) is 4.92. The van der Waals surface area contributed by atoms with E-state index in [4.69, 9.17) is 21.0 Å². The second-order valence-corrected chi connectivity index (χ2v) is 6.61. The van der Waals surface area contributed by atoms with Crippen LogP contribution < -0.4 is 15.4 Å². The summed E-state index contributed by atoms with van der Waals surface area (Å²) < 4.78 is 5.28. The normalized spacial score (nSPS) is 16.6. The van der Waals surface area contributed by atoms with Crippen molar-refractivity contribution >= 4 is 34.2 Å². The number of carbonyl (C=O) groups is 2. The van der Waals surface area contributed by atoms with E-state index in [0.29, 0.717) is 40.8 Å². The van der Waals surface area contributed by atoms with Gasteiger partial charge in [0, 0.05) is 18.7 Å². The summed E-state index contributed by atoms with van der Waals surface area (Å²) in [6, 6.07) is 6.32. The second kappa shape index (κ2) is 6.89. The minimum absolute atomic E-state index is 0.0600. The van der Waals surface area contributed by atoms with E-state index in [1.807, 2.05) is 4.90 Å². The lowest BCUT2D eigenvalue weighted by Crippen LogP contribution is -2.22. The minimum Gasteiger partial charge on any atom is -0.481 e. The Morgan fingerprint density at radius 1 is 1.36 bits per heavy atom. The van der Waals surface area contributed by atoms with Gasteiger partial charge in [-0.1, -0.05) is 11.3 Å². The maximum Gasteiger partial charge on any atom is 0.355 e. The van der Waals surface area contributed by atoms with Gasteiger partial charge in [-0.15, -0.1) is 0 Å². The van der Waals surface area contributed by atoms with E-state index < -0.39 is 17.9 Å². The topological polar surface area (TPSA) is 130 Å². The number of benzene rings is 1. The molecular formula is C16H16N4O4S. The number of esters is 1. The van der Waals surface area contributed by atoms with Crippen molar-refractivity contribution in [3.63, 3.8) is 0 Å². The maximum atomic E-state index is 12.2. The smallest absolute Gasteiger partial charge is 0.355 e. The monoisotopic (exact) mass is 360 g/mol. The summed E-state index contributed by atoms with van der Waals surface area (Å²) in [4.78, 5) is 29.6. The molecule has 1 atom stereocenters. The summed E-state index contributed by atoms with van der Waals surface area (Å²) in [6.07, 6.45) is 2.00. The Morgan fingerprint density at radius 2 is 2.08 bits per heavy atom. The SMILES string of the molecule is N=C(N)c1ccc(OC(=O)c2cnc(N3CCC(C(=O)O)C3)s2)cc1. The van der Waals surface area contributed by atoms with Gasteiger partial charge in [0.05, 0.1) is 12.1 Å². The number of hydrogen-bond acceptors (Lipinski definition) is 7. The molecule has 1 unspecified atom stereocenters. The number of carboxylic acid groups (broad SMARTS) is 1. The molecule has 3 rings (SSSR count). The zero-order valence-electron chi connectivity index (χ0n) is 13.1. The lowest BCUT2D eigenvalue weighted by molar-refractivity contribution is -0.140. The van der Waals surface area contributed by atoms with Crippen molar-refractivity contribution in [3.8, 4) is 5.75 Å². The van der Waals surface area contributed by atoms with Crippen LogP contribution in [0.15, 0.2) is 30.5 Å². The van der Waals surface area contributed by atoms with E-state index in [0.717, 1.165) is 0 Å². The molecule has 2 aromatic rings. The van der Waals surface area contributed by atoms with Crippen LogP contribution in [0.5, 0.6) is 5.75 Å². The predicted octanol–water partition coefficient (Wildman–Crippen LogP) is 1.56. The summed E-state index contributed by atoms with van der Waals surface area (Å²) in [5, 5.41) is 17.0. The first kappa shape index (κ1) is 16.9. The standard InChI is InChI=1S/C16H16N4O4S/c17-13(18)9-1-3-11(4-2-9)24-15(23)12-7-19-16(25-12)20-6-5-10(8-20)14(21)22/h1-4,7,10H,5-6,8H2,(H3,17,18)(H,21,22). The highest BCUT2D eigenvalue weighted by molar-refractivity contribution is 7.17. The third-order valence-electron chi connectivity index (χ3n) is 3.88. The van der Waals surface area contributed by atoms with Gasteiger partial charge in [0.15, 0.2) is 5.13 Å². The van der Waals surface area contributed by atoms with Crippen molar-refractivity contribution in [2.75, 3.05) is 18.0 Å². The Kier molecular flexibility index (Phi) is 4.66. The Bertz CT molecular complexity index is 818. The van der Waals surface area contributed by atoms with E-state index in [1.165, 1.54) is 17.5 Å². The molecule has 1 aromatic heterocycles. The number of nitrogen functional groups attached to an aromatic ring is 1. The number of nitrogens with two attached hydrogens (primary N) is 1. The molecule has 1 fully saturated rings. The molecule has 1 aromatic carbocycles. The molecule has 130 valence electrons. The van der Waals surface area contributed by atoms with Crippen molar-refractivity contribution in [2.24, 2.45) is 11.7 Å². The number of thiazole rings is 1. The first-order valence-corrected chi connectivity index (χ1v) is 8.36. The number of aliphatic carboxylic acids is 1. The molecule has 4 N–H and O–H groups in total. The van der Waals surface area contributed by atoms with E-state index in [1.54, 1.807) is 24.3 Å². The Hall–Kier alpha value is -2.94. The lowest BCUT2D eigenvalue weighted by atomic mass is 10.1. The first-order valence-electron chi connectivity index (χ1n) is 7.54. The van der Waals surface area contributed by atoms with Crippen LogP contribution in [-0.2, 0) is 4.79 Å². The number of aromatic nitrogens is 1. The molecule has 1 saturated heterocycles. The molecule has 8 nitrogen and oxygen atoms in total. The number of hydrogen-bond donors (Lipinski definition) is 3. The van der Waals surface area contributed by atoms with E-state index in [9.17, 15) is 9.59 Å². The molecule has 0 spiro atoms. The quantitative estimate of drug-likeness (QED) is 0.319. The van der Waals surface area contributed by atoms with Crippen molar-refractivity contribution in [1.29, 1.82) is 5.41 Å². The van der Waals surface area contributed by atoms with Gasteiger partial charge in [0.25, 0.3) is 0 Å². The zero-order chi connectivity index (χ0) is 18.0. The van der Waals surface area contributed by atoms with Crippen LogP contribution >= 0.6 is 11.3 Å². The number of carboxylic acids is 1. The second-order valence-electron chi connectivity index (χ2n) is 5.60. The van der Waals surface area contributed by atoms with Crippen molar-refractivity contribution in [3.05, 3.63) is 40.9 Å². The Labute approximate surface area is 147 Å². The largest absolute Gasteiger partial charge is 0.481 e. The van der Waals surface area contributed by atoms with Gasteiger partial charge < -0.3 is 20.5 Å². The van der Waals surface area contributed by atoms with Crippen molar-refractivity contribution < 1.29 is 19.4 Å². The van der Waals surface area contributed by atoms with Crippen LogP contribution in [0.1, 0.15) is 21.7 Å².